The molecule has 3 atom stereocenters. The van der Waals surface area contributed by atoms with E-state index in [1.165, 1.54) is 19.3 Å². The molecule has 2 N–H and O–H groups in total. The van der Waals surface area contributed by atoms with Crippen molar-refractivity contribution in [3.05, 3.63) is 0 Å². The Balaban J connectivity index is 2.46. The summed E-state index contributed by atoms with van der Waals surface area (Å²) in [6.07, 6.45) is 3.80. The number of nitrogens with zero attached hydrogens (tertiary/aromatic N) is 1. The summed E-state index contributed by atoms with van der Waals surface area (Å²) in [5.41, 5.74) is 6.29. The average molecular weight is 256 g/mol. The molecule has 1 aliphatic rings. The normalized spacial score (nSPS) is 29.2. The fourth-order valence-electron chi connectivity index (χ4n) is 3.06. The van der Waals surface area contributed by atoms with Gasteiger partial charge in [-0.2, -0.15) is 0 Å². The van der Waals surface area contributed by atoms with Gasteiger partial charge >= 0.3 is 0 Å². The van der Waals surface area contributed by atoms with E-state index >= 15 is 0 Å². The number of ether oxygens (including phenoxy) is 1. The SMILES string of the molecule is COCCN(CC(C)C)CC1CC(C)CCC1N. The van der Waals surface area contributed by atoms with Crippen LogP contribution in [0.15, 0.2) is 0 Å². The van der Waals surface area contributed by atoms with Crippen LogP contribution in [0.3, 0.4) is 0 Å². The molecule has 18 heavy (non-hydrogen) atoms. The lowest BCUT2D eigenvalue weighted by Gasteiger charge is -2.36. The molecule has 3 unspecified atom stereocenters. The zero-order valence-electron chi connectivity index (χ0n) is 12.7. The number of nitrogens with two attached hydrogens (primary N) is 1. The molecule has 3 heteroatoms. The predicted molar refractivity (Wildman–Crippen MR) is 77.6 cm³/mol. The maximum atomic E-state index is 6.29. The lowest BCUT2D eigenvalue weighted by Crippen LogP contribution is -2.44. The van der Waals surface area contributed by atoms with Gasteiger partial charge in [0.25, 0.3) is 0 Å². The average Bonchev–Trinajstić information content (AvgIpc) is 2.30. The first kappa shape index (κ1) is 15.9. The van der Waals surface area contributed by atoms with E-state index in [0.29, 0.717) is 17.9 Å². The van der Waals surface area contributed by atoms with Crippen LogP contribution in [0.1, 0.15) is 40.0 Å². The number of hydrogen-bond donors (Lipinski definition) is 1. The monoisotopic (exact) mass is 256 g/mol. The van der Waals surface area contributed by atoms with Crippen molar-refractivity contribution in [2.24, 2.45) is 23.5 Å². The molecule has 0 aromatic rings. The van der Waals surface area contributed by atoms with Crippen molar-refractivity contribution in [1.29, 1.82) is 0 Å². The second-order valence-corrected chi connectivity index (χ2v) is 6.49. The molecule has 1 aliphatic carbocycles. The van der Waals surface area contributed by atoms with Crippen molar-refractivity contribution in [3.8, 4) is 0 Å². The van der Waals surface area contributed by atoms with Crippen molar-refractivity contribution in [2.75, 3.05) is 33.4 Å². The van der Waals surface area contributed by atoms with E-state index in [9.17, 15) is 0 Å². The zero-order chi connectivity index (χ0) is 13.5. The van der Waals surface area contributed by atoms with Crippen LogP contribution in [0.5, 0.6) is 0 Å². The molecule has 0 saturated heterocycles. The fourth-order valence-corrected chi connectivity index (χ4v) is 3.06. The Bertz CT molecular complexity index is 221. The van der Waals surface area contributed by atoms with E-state index in [4.69, 9.17) is 10.5 Å². The summed E-state index contributed by atoms with van der Waals surface area (Å²) >= 11 is 0. The Kier molecular flexibility index (Phi) is 7.20. The minimum atomic E-state index is 0.401. The third-order valence-corrected chi connectivity index (χ3v) is 4.03. The van der Waals surface area contributed by atoms with Crippen LogP contribution in [0.2, 0.25) is 0 Å². The molecule has 0 spiro atoms. The van der Waals surface area contributed by atoms with Gasteiger partial charge in [-0.25, -0.2) is 0 Å². The fraction of sp³-hybridized carbons (Fsp3) is 1.00. The standard InChI is InChI=1S/C15H32N2O/c1-12(2)10-17(7-8-18-4)11-14-9-13(3)5-6-15(14)16/h12-15H,5-11,16H2,1-4H3. The summed E-state index contributed by atoms with van der Waals surface area (Å²) in [7, 11) is 1.78. The van der Waals surface area contributed by atoms with E-state index in [1.807, 2.05) is 0 Å². The third-order valence-electron chi connectivity index (χ3n) is 4.03. The molecule has 0 aliphatic heterocycles. The molecule has 3 nitrogen and oxygen atoms in total. The highest BCUT2D eigenvalue weighted by Crippen LogP contribution is 2.28. The molecule has 0 aromatic heterocycles. The van der Waals surface area contributed by atoms with Gasteiger partial charge < -0.3 is 15.4 Å². The molecule has 1 saturated carbocycles. The van der Waals surface area contributed by atoms with Crippen LogP contribution < -0.4 is 5.73 Å². The molecule has 0 aromatic carbocycles. The molecule has 108 valence electrons. The maximum absolute atomic E-state index is 6.29. The van der Waals surface area contributed by atoms with Gasteiger partial charge in [0.15, 0.2) is 0 Å². The van der Waals surface area contributed by atoms with Gasteiger partial charge in [0.05, 0.1) is 6.61 Å². The van der Waals surface area contributed by atoms with Gasteiger partial charge in [-0.15, -0.1) is 0 Å². The number of hydrogen-bond acceptors (Lipinski definition) is 3. The number of methoxy groups -OCH3 is 1. The quantitative estimate of drug-likeness (QED) is 0.760. The molecule has 0 bridgehead atoms. The van der Waals surface area contributed by atoms with E-state index in [2.05, 4.69) is 25.7 Å². The topological polar surface area (TPSA) is 38.5 Å². The minimum absolute atomic E-state index is 0.401. The second kappa shape index (κ2) is 8.13. The van der Waals surface area contributed by atoms with Crippen molar-refractivity contribution in [3.63, 3.8) is 0 Å². The van der Waals surface area contributed by atoms with Crippen molar-refractivity contribution >= 4 is 0 Å². The van der Waals surface area contributed by atoms with Gasteiger partial charge in [0.2, 0.25) is 0 Å². The van der Waals surface area contributed by atoms with E-state index in [-0.39, 0.29) is 0 Å². The third kappa shape index (κ3) is 5.68. The van der Waals surface area contributed by atoms with Crippen molar-refractivity contribution < 1.29 is 4.74 Å². The van der Waals surface area contributed by atoms with Crippen molar-refractivity contribution in [1.82, 2.24) is 4.90 Å². The van der Waals surface area contributed by atoms with Crippen LogP contribution in [0.4, 0.5) is 0 Å². The highest BCUT2D eigenvalue weighted by Gasteiger charge is 2.27. The lowest BCUT2D eigenvalue weighted by molar-refractivity contribution is 0.108. The molecular formula is C15H32N2O. The van der Waals surface area contributed by atoms with Crippen LogP contribution in [0.25, 0.3) is 0 Å². The molecule has 0 radical (unpaired) electrons. The van der Waals surface area contributed by atoms with E-state index < -0.39 is 0 Å². The highest BCUT2D eigenvalue weighted by molar-refractivity contribution is 4.83. The molecule has 1 fully saturated rings. The summed E-state index contributed by atoms with van der Waals surface area (Å²) in [5.74, 6) is 2.22. The molecule has 0 heterocycles. The summed E-state index contributed by atoms with van der Waals surface area (Å²) < 4.78 is 5.22. The van der Waals surface area contributed by atoms with Gasteiger partial charge in [-0.3, -0.25) is 0 Å². The summed E-state index contributed by atoms with van der Waals surface area (Å²) in [6, 6.07) is 0.401. The largest absolute Gasteiger partial charge is 0.383 e. The Hall–Kier alpha value is -0.120. The highest BCUT2D eigenvalue weighted by atomic mass is 16.5. The Morgan fingerprint density at radius 1 is 1.33 bits per heavy atom. The minimum Gasteiger partial charge on any atom is -0.383 e. The lowest BCUT2D eigenvalue weighted by atomic mass is 9.79. The van der Waals surface area contributed by atoms with Gasteiger partial charge in [0, 0.05) is 32.8 Å². The van der Waals surface area contributed by atoms with Crippen LogP contribution in [0, 0.1) is 17.8 Å². The van der Waals surface area contributed by atoms with Crippen LogP contribution in [-0.4, -0.2) is 44.3 Å². The Morgan fingerprint density at radius 3 is 2.67 bits per heavy atom. The molecular weight excluding hydrogens is 224 g/mol. The second-order valence-electron chi connectivity index (χ2n) is 6.49. The smallest absolute Gasteiger partial charge is 0.0589 e. The summed E-state index contributed by atoms with van der Waals surface area (Å²) in [6.45, 7) is 11.1. The first-order valence-corrected chi connectivity index (χ1v) is 7.49. The predicted octanol–water partition coefficient (Wildman–Crippen LogP) is 2.35. The Morgan fingerprint density at radius 2 is 2.06 bits per heavy atom. The summed E-state index contributed by atoms with van der Waals surface area (Å²) in [5, 5.41) is 0. The molecule has 1 rings (SSSR count). The number of rotatable bonds is 7. The van der Waals surface area contributed by atoms with Crippen molar-refractivity contribution in [2.45, 2.75) is 46.1 Å². The van der Waals surface area contributed by atoms with Gasteiger partial charge in [-0.1, -0.05) is 20.8 Å². The Labute approximate surface area is 113 Å². The van der Waals surface area contributed by atoms with E-state index in [1.54, 1.807) is 7.11 Å². The first-order valence-electron chi connectivity index (χ1n) is 7.49. The zero-order valence-corrected chi connectivity index (χ0v) is 12.7. The van der Waals surface area contributed by atoms with Gasteiger partial charge in [0.1, 0.15) is 0 Å². The van der Waals surface area contributed by atoms with Gasteiger partial charge in [-0.05, 0) is 37.0 Å². The van der Waals surface area contributed by atoms with Crippen LogP contribution in [-0.2, 0) is 4.74 Å². The first-order chi connectivity index (χ1) is 8.52. The maximum Gasteiger partial charge on any atom is 0.0589 e. The van der Waals surface area contributed by atoms with E-state index in [0.717, 1.165) is 32.2 Å². The van der Waals surface area contributed by atoms with Crippen LogP contribution >= 0.6 is 0 Å². The summed E-state index contributed by atoms with van der Waals surface area (Å²) in [4.78, 5) is 2.54. The molecule has 0 amide bonds.